The van der Waals surface area contributed by atoms with Crippen LogP contribution in [-0.2, 0) is 0 Å². The lowest BCUT2D eigenvalue weighted by molar-refractivity contribution is 0.481. The van der Waals surface area contributed by atoms with E-state index in [1.54, 1.807) is 0 Å². The van der Waals surface area contributed by atoms with Crippen LogP contribution < -0.4 is 11.6 Å². The van der Waals surface area contributed by atoms with Crippen molar-refractivity contribution in [3.8, 4) is 0 Å². The molecule has 0 spiro atoms. The molecule has 0 aliphatic rings. The summed E-state index contributed by atoms with van der Waals surface area (Å²) >= 11 is 4.57. The van der Waals surface area contributed by atoms with Crippen molar-refractivity contribution in [3.05, 3.63) is 12.2 Å². The predicted octanol–water partition coefficient (Wildman–Crippen LogP) is -0.0182. The average molecular weight is 145 g/mol. The molecule has 0 radical (unpaired) electrons. The van der Waals surface area contributed by atoms with Crippen LogP contribution in [-0.4, -0.2) is 16.7 Å². The zero-order chi connectivity index (χ0) is 7.44. The molecule has 4 N–H and O–H groups in total. The van der Waals surface area contributed by atoms with Gasteiger partial charge >= 0.3 is 0 Å². The minimum Gasteiger partial charge on any atom is -0.375 e. The Morgan fingerprint density at radius 2 is 2.22 bits per heavy atom. The van der Waals surface area contributed by atoms with Gasteiger partial charge in [0.25, 0.3) is 0 Å². The summed E-state index contributed by atoms with van der Waals surface area (Å²) in [6.07, 6.45) is 0. The number of hydrogen-bond donors (Lipinski definition) is 2. The Labute approximate surface area is 60.3 Å². The number of hydrogen-bond acceptors (Lipinski definition) is 2. The summed E-state index contributed by atoms with van der Waals surface area (Å²) < 4.78 is 0. The molecular formula is C5H11N3S. The van der Waals surface area contributed by atoms with Gasteiger partial charge in [-0.05, 0) is 19.1 Å². The van der Waals surface area contributed by atoms with E-state index in [-0.39, 0.29) is 5.11 Å². The zero-order valence-corrected chi connectivity index (χ0v) is 6.24. The summed E-state index contributed by atoms with van der Waals surface area (Å²) in [7, 11) is 0. The molecule has 52 valence electrons. The van der Waals surface area contributed by atoms with Crippen LogP contribution in [0, 0.1) is 0 Å². The van der Waals surface area contributed by atoms with Gasteiger partial charge in [-0.25, -0.2) is 5.84 Å². The van der Waals surface area contributed by atoms with E-state index in [2.05, 4.69) is 18.8 Å². The number of nitrogens with two attached hydrogens (primary N) is 2. The fourth-order valence-corrected chi connectivity index (χ4v) is 0.433. The molecule has 0 aliphatic heterocycles. The number of rotatable bonds is 2. The van der Waals surface area contributed by atoms with Gasteiger partial charge in [0, 0.05) is 0 Å². The first-order valence-electron chi connectivity index (χ1n) is 2.50. The topological polar surface area (TPSA) is 55.3 Å². The molecule has 0 aromatic heterocycles. The number of thiocarbonyl (C=S) groups is 1. The molecule has 0 aliphatic carbocycles. The van der Waals surface area contributed by atoms with E-state index in [9.17, 15) is 0 Å². The first-order valence-corrected chi connectivity index (χ1v) is 2.91. The summed E-state index contributed by atoms with van der Waals surface area (Å²) in [5, 5.41) is 1.47. The van der Waals surface area contributed by atoms with Gasteiger partial charge in [0.2, 0.25) is 0 Å². The van der Waals surface area contributed by atoms with Crippen LogP contribution in [0.3, 0.4) is 0 Å². The van der Waals surface area contributed by atoms with E-state index < -0.39 is 0 Å². The van der Waals surface area contributed by atoms with E-state index in [0.29, 0.717) is 6.54 Å². The monoisotopic (exact) mass is 145 g/mol. The highest BCUT2D eigenvalue weighted by molar-refractivity contribution is 7.80. The van der Waals surface area contributed by atoms with Crippen LogP contribution in [0.15, 0.2) is 12.2 Å². The molecule has 0 aromatic rings. The highest BCUT2D eigenvalue weighted by atomic mass is 32.1. The third-order valence-corrected chi connectivity index (χ3v) is 0.958. The van der Waals surface area contributed by atoms with E-state index in [0.717, 1.165) is 5.57 Å². The second-order valence-electron chi connectivity index (χ2n) is 1.92. The lowest BCUT2D eigenvalue weighted by Crippen LogP contribution is -2.41. The molecule has 0 atom stereocenters. The highest BCUT2D eigenvalue weighted by Gasteiger charge is 1.97. The Bertz CT molecular complexity index is 132. The molecular weight excluding hydrogens is 134 g/mol. The summed E-state index contributed by atoms with van der Waals surface area (Å²) in [4.78, 5) is 0. The number of hydrazine groups is 1. The molecule has 0 bridgehead atoms. The van der Waals surface area contributed by atoms with Gasteiger partial charge in [0.15, 0.2) is 5.11 Å². The Morgan fingerprint density at radius 3 is 2.33 bits per heavy atom. The van der Waals surface area contributed by atoms with Crippen molar-refractivity contribution in [2.45, 2.75) is 6.92 Å². The Morgan fingerprint density at radius 1 is 1.78 bits per heavy atom. The van der Waals surface area contributed by atoms with Crippen LogP contribution in [0.5, 0.6) is 0 Å². The molecule has 0 rings (SSSR count). The molecule has 0 aromatic carbocycles. The maximum absolute atomic E-state index is 5.32. The van der Waals surface area contributed by atoms with Gasteiger partial charge in [-0.3, -0.25) is 5.01 Å². The fourth-order valence-electron chi connectivity index (χ4n) is 0.369. The van der Waals surface area contributed by atoms with Crippen LogP contribution in [0.25, 0.3) is 0 Å². The smallest absolute Gasteiger partial charge is 0.180 e. The summed E-state index contributed by atoms with van der Waals surface area (Å²) in [5.74, 6) is 5.32. The minimum absolute atomic E-state index is 0.193. The van der Waals surface area contributed by atoms with E-state index in [1.165, 1.54) is 5.01 Å². The van der Waals surface area contributed by atoms with E-state index >= 15 is 0 Å². The van der Waals surface area contributed by atoms with Crippen LogP contribution in [0.4, 0.5) is 0 Å². The molecule has 3 nitrogen and oxygen atoms in total. The van der Waals surface area contributed by atoms with Crippen molar-refractivity contribution in [1.82, 2.24) is 5.01 Å². The SMILES string of the molecule is C=C(C)CN(N)C(N)=S. The summed E-state index contributed by atoms with van der Waals surface area (Å²) in [5.41, 5.74) is 6.11. The second kappa shape index (κ2) is 3.42. The standard InChI is InChI=1S/C5H11N3S/c1-4(2)3-8(7)5(6)9/h1,3,7H2,2H3,(H2,6,9). The predicted molar refractivity (Wildman–Crippen MR) is 42.5 cm³/mol. The van der Waals surface area contributed by atoms with Gasteiger partial charge < -0.3 is 5.73 Å². The first-order chi connectivity index (χ1) is 4.04. The molecule has 0 heterocycles. The van der Waals surface area contributed by atoms with Crippen LogP contribution in [0.2, 0.25) is 0 Å². The second-order valence-corrected chi connectivity index (χ2v) is 2.34. The van der Waals surface area contributed by atoms with Crippen molar-refractivity contribution in [1.29, 1.82) is 0 Å². The summed E-state index contributed by atoms with van der Waals surface area (Å²) in [6.45, 7) is 6.02. The Hall–Kier alpha value is -0.610. The quantitative estimate of drug-likeness (QED) is 0.248. The number of nitrogens with zero attached hydrogens (tertiary/aromatic N) is 1. The Kier molecular flexibility index (Phi) is 3.19. The van der Waals surface area contributed by atoms with Crippen LogP contribution >= 0.6 is 12.2 Å². The van der Waals surface area contributed by atoms with Crippen molar-refractivity contribution < 1.29 is 0 Å². The minimum atomic E-state index is 0.193. The molecule has 0 saturated heterocycles. The Balaban J connectivity index is 3.63. The van der Waals surface area contributed by atoms with Crippen molar-refractivity contribution in [3.63, 3.8) is 0 Å². The molecule has 0 saturated carbocycles. The van der Waals surface area contributed by atoms with Crippen molar-refractivity contribution in [2.24, 2.45) is 11.6 Å². The molecule has 0 amide bonds. The summed E-state index contributed by atoms with van der Waals surface area (Å²) in [6, 6.07) is 0. The third-order valence-electron chi connectivity index (χ3n) is 0.723. The largest absolute Gasteiger partial charge is 0.375 e. The molecule has 0 unspecified atom stereocenters. The average Bonchev–Trinajstić information content (AvgIpc) is 1.63. The van der Waals surface area contributed by atoms with E-state index in [1.807, 2.05) is 6.92 Å². The van der Waals surface area contributed by atoms with E-state index in [4.69, 9.17) is 11.6 Å². The van der Waals surface area contributed by atoms with Gasteiger partial charge in [0.1, 0.15) is 0 Å². The first kappa shape index (κ1) is 8.39. The van der Waals surface area contributed by atoms with Crippen molar-refractivity contribution in [2.75, 3.05) is 6.54 Å². The maximum Gasteiger partial charge on any atom is 0.180 e. The highest BCUT2D eigenvalue weighted by Crippen LogP contribution is 1.87. The lowest BCUT2D eigenvalue weighted by atomic mass is 10.3. The normalized spacial score (nSPS) is 8.67. The van der Waals surface area contributed by atoms with Gasteiger partial charge in [-0.1, -0.05) is 12.2 Å². The van der Waals surface area contributed by atoms with Gasteiger partial charge in [0.05, 0.1) is 6.54 Å². The zero-order valence-electron chi connectivity index (χ0n) is 5.42. The third kappa shape index (κ3) is 3.93. The lowest BCUT2D eigenvalue weighted by Gasteiger charge is -2.14. The molecule has 4 heteroatoms. The maximum atomic E-state index is 5.32. The molecule has 0 fully saturated rings. The van der Waals surface area contributed by atoms with Crippen molar-refractivity contribution >= 4 is 17.3 Å². The van der Waals surface area contributed by atoms with Gasteiger partial charge in [-0.2, -0.15) is 0 Å². The van der Waals surface area contributed by atoms with Gasteiger partial charge in [-0.15, -0.1) is 0 Å². The molecule has 9 heavy (non-hydrogen) atoms. The fraction of sp³-hybridized carbons (Fsp3) is 0.400. The van der Waals surface area contributed by atoms with Crippen LogP contribution in [0.1, 0.15) is 6.92 Å².